The minimum atomic E-state index is 0.121. The van der Waals surface area contributed by atoms with E-state index in [1.165, 1.54) is 0 Å². The second-order valence-electron chi connectivity index (χ2n) is 4.65. The van der Waals surface area contributed by atoms with Crippen LogP contribution in [-0.2, 0) is 16.1 Å². The van der Waals surface area contributed by atoms with Crippen molar-refractivity contribution in [3.63, 3.8) is 0 Å². The summed E-state index contributed by atoms with van der Waals surface area (Å²) in [6, 6.07) is 7.85. The van der Waals surface area contributed by atoms with Gasteiger partial charge in [-0.05, 0) is 31.0 Å². The van der Waals surface area contributed by atoms with Gasteiger partial charge in [0.25, 0.3) is 0 Å². The summed E-state index contributed by atoms with van der Waals surface area (Å²) in [5, 5.41) is 0.700. The normalized spacial score (nSPS) is 12.2. The average molecular weight is 284 g/mol. The number of rotatable bonds is 7. The van der Waals surface area contributed by atoms with Crippen molar-refractivity contribution in [3.05, 3.63) is 34.9 Å². The lowest BCUT2D eigenvalue weighted by Gasteiger charge is -2.29. The number of carbonyl (C=O) groups is 1. The Kier molecular flexibility index (Phi) is 6.89. The van der Waals surface area contributed by atoms with Crippen molar-refractivity contribution in [3.8, 4) is 0 Å². The van der Waals surface area contributed by atoms with Crippen LogP contribution < -0.4 is 0 Å². The zero-order chi connectivity index (χ0) is 14.3. The van der Waals surface area contributed by atoms with E-state index in [2.05, 4.69) is 13.8 Å². The Labute approximate surface area is 120 Å². The molecule has 1 rings (SSSR count). The van der Waals surface area contributed by atoms with Crippen LogP contribution >= 0.6 is 11.6 Å². The number of hydrogen-bond acceptors (Lipinski definition) is 2. The van der Waals surface area contributed by atoms with Crippen LogP contribution in [0.15, 0.2) is 24.3 Å². The standard InChI is InChI=1S/C15H22ClNO2/c1-4-12(2)17(15(18)8-9-19-3)11-13-6-5-7-14(16)10-13/h5-7,10,12H,4,8-9,11H2,1-3H3. The van der Waals surface area contributed by atoms with E-state index in [0.717, 1.165) is 12.0 Å². The molecule has 3 nitrogen and oxygen atoms in total. The fourth-order valence-electron chi connectivity index (χ4n) is 1.88. The Hall–Kier alpha value is -1.06. The van der Waals surface area contributed by atoms with Crippen molar-refractivity contribution >= 4 is 17.5 Å². The summed E-state index contributed by atoms with van der Waals surface area (Å²) in [4.78, 5) is 14.1. The zero-order valence-corrected chi connectivity index (χ0v) is 12.6. The molecule has 0 aromatic heterocycles. The number of ether oxygens (including phenoxy) is 1. The first-order chi connectivity index (χ1) is 9.08. The summed E-state index contributed by atoms with van der Waals surface area (Å²) in [6.45, 7) is 5.20. The highest BCUT2D eigenvalue weighted by Crippen LogP contribution is 2.16. The van der Waals surface area contributed by atoms with Gasteiger partial charge in [-0.1, -0.05) is 30.7 Å². The molecular weight excluding hydrogens is 262 g/mol. The third-order valence-corrected chi connectivity index (χ3v) is 3.44. The van der Waals surface area contributed by atoms with E-state index < -0.39 is 0 Å². The van der Waals surface area contributed by atoms with E-state index in [1.54, 1.807) is 7.11 Å². The summed E-state index contributed by atoms with van der Waals surface area (Å²) >= 11 is 5.98. The van der Waals surface area contributed by atoms with E-state index in [1.807, 2.05) is 29.2 Å². The van der Waals surface area contributed by atoms with E-state index in [4.69, 9.17) is 16.3 Å². The van der Waals surface area contributed by atoms with E-state index >= 15 is 0 Å². The minimum absolute atomic E-state index is 0.121. The quantitative estimate of drug-likeness (QED) is 0.766. The number of hydrogen-bond donors (Lipinski definition) is 0. The largest absolute Gasteiger partial charge is 0.384 e. The van der Waals surface area contributed by atoms with Crippen molar-refractivity contribution in [2.45, 2.75) is 39.3 Å². The second kappa shape index (κ2) is 8.18. The molecule has 1 aromatic rings. The van der Waals surface area contributed by atoms with Crippen LogP contribution in [0.3, 0.4) is 0 Å². The molecule has 1 amide bonds. The highest BCUT2D eigenvalue weighted by molar-refractivity contribution is 6.30. The van der Waals surface area contributed by atoms with Gasteiger partial charge in [-0.2, -0.15) is 0 Å². The molecule has 0 fully saturated rings. The van der Waals surface area contributed by atoms with Crippen LogP contribution in [0.4, 0.5) is 0 Å². The molecule has 0 aliphatic rings. The fourth-order valence-corrected chi connectivity index (χ4v) is 2.09. The Morgan fingerprint density at radius 3 is 2.79 bits per heavy atom. The maximum absolute atomic E-state index is 12.2. The van der Waals surface area contributed by atoms with Crippen molar-refractivity contribution in [1.82, 2.24) is 4.90 Å². The predicted molar refractivity (Wildman–Crippen MR) is 78.2 cm³/mol. The number of nitrogens with zero attached hydrogens (tertiary/aromatic N) is 1. The first-order valence-corrected chi connectivity index (χ1v) is 6.99. The van der Waals surface area contributed by atoms with Crippen LogP contribution in [0.5, 0.6) is 0 Å². The third kappa shape index (κ3) is 5.21. The average Bonchev–Trinajstić information content (AvgIpc) is 2.41. The van der Waals surface area contributed by atoms with Crippen LogP contribution in [0.1, 0.15) is 32.3 Å². The Balaban J connectivity index is 2.77. The Morgan fingerprint density at radius 1 is 1.47 bits per heavy atom. The molecule has 0 bridgehead atoms. The van der Waals surface area contributed by atoms with Crippen molar-refractivity contribution in [2.75, 3.05) is 13.7 Å². The van der Waals surface area contributed by atoms with Crippen LogP contribution in [0.2, 0.25) is 5.02 Å². The molecule has 0 heterocycles. The van der Waals surface area contributed by atoms with Gasteiger partial charge in [0.2, 0.25) is 5.91 Å². The lowest BCUT2D eigenvalue weighted by atomic mass is 10.1. The highest BCUT2D eigenvalue weighted by Gasteiger charge is 2.18. The molecule has 1 unspecified atom stereocenters. The summed E-state index contributed by atoms with van der Waals surface area (Å²) < 4.78 is 4.98. The van der Waals surface area contributed by atoms with Gasteiger partial charge >= 0.3 is 0 Å². The maximum atomic E-state index is 12.2. The number of carbonyl (C=O) groups excluding carboxylic acids is 1. The lowest BCUT2D eigenvalue weighted by Crippen LogP contribution is -2.38. The van der Waals surface area contributed by atoms with Gasteiger partial charge in [0.1, 0.15) is 0 Å². The lowest BCUT2D eigenvalue weighted by molar-refractivity contribution is -0.134. The molecule has 4 heteroatoms. The van der Waals surface area contributed by atoms with Gasteiger partial charge in [0.15, 0.2) is 0 Å². The first-order valence-electron chi connectivity index (χ1n) is 6.61. The van der Waals surface area contributed by atoms with Gasteiger partial charge in [-0.3, -0.25) is 4.79 Å². The SMILES string of the molecule is CCC(C)N(Cc1cccc(Cl)c1)C(=O)CCOC. The maximum Gasteiger partial charge on any atom is 0.225 e. The molecule has 1 atom stereocenters. The summed E-state index contributed by atoms with van der Waals surface area (Å²) in [5.74, 6) is 0.121. The van der Waals surface area contributed by atoms with Gasteiger partial charge in [-0.25, -0.2) is 0 Å². The molecule has 0 spiro atoms. The van der Waals surface area contributed by atoms with Crippen LogP contribution in [0, 0.1) is 0 Å². The number of benzene rings is 1. The second-order valence-corrected chi connectivity index (χ2v) is 5.09. The molecule has 0 saturated heterocycles. The van der Waals surface area contributed by atoms with Crippen molar-refractivity contribution in [2.24, 2.45) is 0 Å². The third-order valence-electron chi connectivity index (χ3n) is 3.21. The van der Waals surface area contributed by atoms with Gasteiger partial charge in [0, 0.05) is 24.7 Å². The van der Waals surface area contributed by atoms with E-state index in [9.17, 15) is 4.79 Å². The molecule has 19 heavy (non-hydrogen) atoms. The molecule has 0 aliphatic heterocycles. The smallest absolute Gasteiger partial charge is 0.225 e. The van der Waals surface area contributed by atoms with Crippen LogP contribution in [-0.4, -0.2) is 30.6 Å². The predicted octanol–water partition coefficient (Wildman–Crippen LogP) is 3.50. The number of amides is 1. The van der Waals surface area contributed by atoms with E-state index in [0.29, 0.717) is 24.6 Å². The van der Waals surface area contributed by atoms with Gasteiger partial charge in [0.05, 0.1) is 13.0 Å². The monoisotopic (exact) mass is 283 g/mol. The number of methoxy groups -OCH3 is 1. The van der Waals surface area contributed by atoms with Crippen LogP contribution in [0.25, 0.3) is 0 Å². The number of halogens is 1. The topological polar surface area (TPSA) is 29.5 Å². The molecule has 0 saturated carbocycles. The zero-order valence-electron chi connectivity index (χ0n) is 11.9. The summed E-state index contributed by atoms with van der Waals surface area (Å²) in [6.07, 6.45) is 1.35. The Morgan fingerprint density at radius 2 is 2.21 bits per heavy atom. The molecule has 1 aromatic carbocycles. The van der Waals surface area contributed by atoms with Crippen molar-refractivity contribution < 1.29 is 9.53 Å². The molecule has 0 aliphatic carbocycles. The summed E-state index contributed by atoms with van der Waals surface area (Å²) in [5.41, 5.74) is 1.05. The first kappa shape index (κ1) is 16.0. The van der Waals surface area contributed by atoms with E-state index in [-0.39, 0.29) is 11.9 Å². The molecular formula is C15H22ClNO2. The van der Waals surface area contributed by atoms with Gasteiger partial charge in [-0.15, -0.1) is 0 Å². The highest BCUT2D eigenvalue weighted by atomic mass is 35.5. The summed E-state index contributed by atoms with van der Waals surface area (Å²) in [7, 11) is 1.61. The fraction of sp³-hybridized carbons (Fsp3) is 0.533. The molecule has 0 N–H and O–H groups in total. The minimum Gasteiger partial charge on any atom is -0.384 e. The van der Waals surface area contributed by atoms with Gasteiger partial charge < -0.3 is 9.64 Å². The Bertz CT molecular complexity index is 409. The molecule has 0 radical (unpaired) electrons. The van der Waals surface area contributed by atoms with Crippen molar-refractivity contribution in [1.29, 1.82) is 0 Å². The molecule has 106 valence electrons.